The summed E-state index contributed by atoms with van der Waals surface area (Å²) in [5.74, 6) is 0.0124. The number of hydrazone groups is 1. The molecule has 2 aromatic heterocycles. The van der Waals surface area contributed by atoms with Crippen molar-refractivity contribution >= 4 is 33.2 Å². The number of thiophene rings is 1. The van der Waals surface area contributed by atoms with Crippen LogP contribution in [0.15, 0.2) is 34.2 Å². The molecular formula is C20H22N4O2S. The molecule has 0 spiro atoms. The highest BCUT2D eigenvalue weighted by Gasteiger charge is 2.13. The minimum Gasteiger partial charge on any atom is -0.309 e. The summed E-state index contributed by atoms with van der Waals surface area (Å²) >= 11 is 1.46. The summed E-state index contributed by atoms with van der Waals surface area (Å²) in [5, 5.41) is 4.75. The maximum atomic E-state index is 12.3. The summed E-state index contributed by atoms with van der Waals surface area (Å²) in [6.45, 7) is 7.80. The van der Waals surface area contributed by atoms with Crippen molar-refractivity contribution in [2.45, 2.75) is 40.5 Å². The fraction of sp³-hybridized carbons (Fsp3) is 0.300. The Kier molecular flexibility index (Phi) is 5.51. The van der Waals surface area contributed by atoms with Crippen molar-refractivity contribution in [1.29, 1.82) is 0 Å². The molecule has 2 heterocycles. The number of nitrogens with one attached hydrogen (secondary N) is 2. The number of fused-ring (bicyclic) bond motifs is 1. The fourth-order valence-electron chi connectivity index (χ4n) is 2.77. The molecule has 0 saturated heterocycles. The van der Waals surface area contributed by atoms with Crippen LogP contribution in [0.3, 0.4) is 0 Å². The number of hydrogen-bond acceptors (Lipinski definition) is 5. The Balaban J connectivity index is 1.71. The Morgan fingerprint density at radius 3 is 2.63 bits per heavy atom. The van der Waals surface area contributed by atoms with Crippen LogP contribution in [0, 0.1) is 13.8 Å². The molecular weight excluding hydrogens is 360 g/mol. The van der Waals surface area contributed by atoms with Gasteiger partial charge in [0.2, 0.25) is 5.91 Å². The second kappa shape index (κ2) is 7.84. The van der Waals surface area contributed by atoms with Crippen LogP contribution in [0.25, 0.3) is 10.2 Å². The molecule has 0 atom stereocenters. The number of rotatable bonds is 5. The Morgan fingerprint density at radius 1 is 1.26 bits per heavy atom. The van der Waals surface area contributed by atoms with Gasteiger partial charge in [-0.3, -0.25) is 9.59 Å². The average Bonchev–Trinajstić information content (AvgIpc) is 2.94. The number of nitrogens with zero attached hydrogens (tertiary/aromatic N) is 2. The van der Waals surface area contributed by atoms with E-state index < -0.39 is 0 Å². The molecule has 140 valence electrons. The quantitative estimate of drug-likeness (QED) is 0.524. The predicted molar refractivity (Wildman–Crippen MR) is 110 cm³/mol. The molecule has 1 aromatic carbocycles. The lowest BCUT2D eigenvalue weighted by Gasteiger charge is -2.04. The third kappa shape index (κ3) is 4.14. The van der Waals surface area contributed by atoms with Crippen molar-refractivity contribution in [3.63, 3.8) is 0 Å². The molecule has 1 amide bonds. The molecule has 0 radical (unpaired) electrons. The van der Waals surface area contributed by atoms with Gasteiger partial charge in [0.1, 0.15) is 10.7 Å². The SMILES string of the molecule is CCc1ccc(/C(C)=N\NC(=O)Cc2nc3sc(C)c(C)c3c(=O)[nH]2)cc1. The summed E-state index contributed by atoms with van der Waals surface area (Å²) in [5.41, 5.74) is 6.18. The number of hydrogen-bond donors (Lipinski definition) is 2. The Morgan fingerprint density at radius 2 is 1.96 bits per heavy atom. The van der Waals surface area contributed by atoms with Crippen LogP contribution in [-0.4, -0.2) is 21.6 Å². The summed E-state index contributed by atoms with van der Waals surface area (Å²) in [4.78, 5) is 33.3. The van der Waals surface area contributed by atoms with Gasteiger partial charge >= 0.3 is 0 Å². The van der Waals surface area contributed by atoms with Gasteiger partial charge in [0, 0.05) is 4.88 Å². The van der Waals surface area contributed by atoms with Gasteiger partial charge in [-0.15, -0.1) is 11.3 Å². The fourth-order valence-corrected chi connectivity index (χ4v) is 3.82. The first-order valence-electron chi connectivity index (χ1n) is 8.80. The highest BCUT2D eigenvalue weighted by molar-refractivity contribution is 7.18. The van der Waals surface area contributed by atoms with Crippen LogP contribution in [0.1, 0.15) is 41.2 Å². The summed E-state index contributed by atoms with van der Waals surface area (Å²) < 4.78 is 0. The number of benzene rings is 1. The van der Waals surface area contributed by atoms with E-state index in [2.05, 4.69) is 27.4 Å². The smallest absolute Gasteiger partial charge is 0.259 e. The van der Waals surface area contributed by atoms with Crippen molar-refractivity contribution in [2.75, 3.05) is 0 Å². The lowest BCUT2D eigenvalue weighted by atomic mass is 10.1. The number of carbonyl (C=O) groups is 1. The first-order chi connectivity index (χ1) is 12.9. The minimum atomic E-state index is -0.327. The van der Waals surface area contributed by atoms with E-state index in [9.17, 15) is 9.59 Å². The topological polar surface area (TPSA) is 87.2 Å². The van der Waals surface area contributed by atoms with Crippen LogP contribution in [-0.2, 0) is 17.6 Å². The molecule has 0 aliphatic rings. The maximum absolute atomic E-state index is 12.3. The van der Waals surface area contributed by atoms with Crippen LogP contribution >= 0.6 is 11.3 Å². The molecule has 2 N–H and O–H groups in total. The van der Waals surface area contributed by atoms with Crippen LogP contribution in [0.5, 0.6) is 0 Å². The molecule has 3 aromatic rings. The van der Waals surface area contributed by atoms with Crippen LogP contribution in [0.2, 0.25) is 0 Å². The van der Waals surface area contributed by atoms with E-state index >= 15 is 0 Å². The first kappa shape index (κ1) is 19.0. The molecule has 0 unspecified atom stereocenters. The van der Waals surface area contributed by atoms with Gasteiger partial charge in [-0.1, -0.05) is 31.2 Å². The van der Waals surface area contributed by atoms with E-state index in [0.29, 0.717) is 21.8 Å². The zero-order valence-corrected chi connectivity index (χ0v) is 16.7. The van der Waals surface area contributed by atoms with Gasteiger partial charge in [-0.05, 0) is 43.9 Å². The number of H-pyrrole nitrogens is 1. The molecule has 0 saturated carbocycles. The van der Waals surface area contributed by atoms with Gasteiger partial charge in [0.05, 0.1) is 17.5 Å². The molecule has 27 heavy (non-hydrogen) atoms. The van der Waals surface area contributed by atoms with Gasteiger partial charge in [0.15, 0.2) is 0 Å². The Labute approximate surface area is 161 Å². The molecule has 0 aliphatic carbocycles. The van der Waals surface area contributed by atoms with Crippen molar-refractivity contribution in [3.8, 4) is 0 Å². The van der Waals surface area contributed by atoms with Crippen molar-refractivity contribution < 1.29 is 4.79 Å². The average molecular weight is 382 g/mol. The van der Waals surface area contributed by atoms with E-state index in [1.165, 1.54) is 16.9 Å². The Hall–Kier alpha value is -2.80. The number of aryl methyl sites for hydroxylation is 3. The molecule has 0 bridgehead atoms. The van der Waals surface area contributed by atoms with E-state index in [4.69, 9.17) is 0 Å². The second-order valence-electron chi connectivity index (χ2n) is 6.44. The van der Waals surface area contributed by atoms with Crippen molar-refractivity contribution in [3.05, 3.63) is 62.0 Å². The third-order valence-corrected chi connectivity index (χ3v) is 5.65. The van der Waals surface area contributed by atoms with Crippen LogP contribution < -0.4 is 11.0 Å². The van der Waals surface area contributed by atoms with Gasteiger partial charge in [-0.2, -0.15) is 5.10 Å². The normalized spacial score (nSPS) is 11.8. The molecule has 3 rings (SSSR count). The molecule has 6 nitrogen and oxygen atoms in total. The molecule has 7 heteroatoms. The summed E-state index contributed by atoms with van der Waals surface area (Å²) in [6.07, 6.45) is 0.943. The van der Waals surface area contributed by atoms with E-state index in [1.54, 1.807) is 0 Å². The van der Waals surface area contributed by atoms with Gasteiger partial charge in [-0.25, -0.2) is 10.4 Å². The summed E-state index contributed by atoms with van der Waals surface area (Å²) in [6, 6.07) is 8.06. The standard InChI is InChI=1S/C20H22N4O2S/c1-5-14-6-8-15(9-7-14)12(3)23-24-17(25)10-16-21-19(26)18-11(2)13(4)27-20(18)22-16/h6-9H,5,10H2,1-4H3,(H,24,25)(H,21,22,26)/b23-12-. The largest absolute Gasteiger partial charge is 0.309 e. The number of aromatic amines is 1. The van der Waals surface area contributed by atoms with Crippen molar-refractivity contribution in [1.82, 2.24) is 15.4 Å². The monoisotopic (exact) mass is 382 g/mol. The van der Waals surface area contributed by atoms with Gasteiger partial charge < -0.3 is 4.98 Å². The highest BCUT2D eigenvalue weighted by Crippen LogP contribution is 2.25. The predicted octanol–water partition coefficient (Wildman–Crippen LogP) is 3.25. The van der Waals surface area contributed by atoms with E-state index in [-0.39, 0.29) is 17.9 Å². The molecule has 0 fully saturated rings. The Bertz CT molecular complexity index is 1080. The molecule has 0 aliphatic heterocycles. The third-order valence-electron chi connectivity index (χ3n) is 4.54. The first-order valence-corrected chi connectivity index (χ1v) is 9.62. The van der Waals surface area contributed by atoms with Gasteiger partial charge in [0.25, 0.3) is 5.56 Å². The number of amides is 1. The zero-order valence-electron chi connectivity index (χ0n) is 15.8. The van der Waals surface area contributed by atoms with E-state index in [1.807, 2.05) is 45.0 Å². The number of aromatic nitrogens is 2. The van der Waals surface area contributed by atoms with Crippen LogP contribution in [0.4, 0.5) is 0 Å². The highest BCUT2D eigenvalue weighted by atomic mass is 32.1. The number of carbonyl (C=O) groups excluding carboxylic acids is 1. The minimum absolute atomic E-state index is 0.0350. The summed E-state index contributed by atoms with van der Waals surface area (Å²) in [7, 11) is 0. The lowest BCUT2D eigenvalue weighted by molar-refractivity contribution is -0.120. The van der Waals surface area contributed by atoms with Crippen molar-refractivity contribution in [2.24, 2.45) is 5.10 Å². The zero-order chi connectivity index (χ0) is 19.6. The maximum Gasteiger partial charge on any atom is 0.259 e. The van der Waals surface area contributed by atoms with E-state index in [0.717, 1.165) is 22.4 Å². The lowest BCUT2D eigenvalue weighted by Crippen LogP contribution is -2.24. The second-order valence-corrected chi connectivity index (χ2v) is 7.64.